The topological polar surface area (TPSA) is 99.0 Å². The lowest BCUT2D eigenvalue weighted by Crippen LogP contribution is -2.22. The molecule has 0 radical (unpaired) electrons. The Bertz CT molecular complexity index is 1140. The Labute approximate surface area is 186 Å². The standard InChI is InChI=1S/C21H18ClF2N5O3/c22-16-5-4-14(29-11-25-27-28-29)8-19(16)26-20(30)10-32-21(31)9-15(12-1-2-12)13-3-6-17(23)18(24)7-13/h3-8,11-12,15H,1-2,9-10H2,(H,26,30). The van der Waals surface area contributed by atoms with Crippen LogP contribution in [0.3, 0.4) is 0 Å². The number of aromatic nitrogens is 4. The largest absolute Gasteiger partial charge is 0.456 e. The minimum Gasteiger partial charge on any atom is -0.456 e. The maximum Gasteiger partial charge on any atom is 0.306 e. The highest BCUT2D eigenvalue weighted by Gasteiger charge is 2.34. The number of ether oxygens (including phenoxy) is 1. The minimum absolute atomic E-state index is 0.0292. The minimum atomic E-state index is -0.957. The lowest BCUT2D eigenvalue weighted by atomic mass is 9.91. The predicted molar refractivity (Wildman–Crippen MR) is 110 cm³/mol. The molecule has 32 heavy (non-hydrogen) atoms. The molecule has 1 amide bonds. The molecule has 1 saturated carbocycles. The van der Waals surface area contributed by atoms with Gasteiger partial charge in [-0.2, -0.15) is 0 Å². The second kappa shape index (κ2) is 9.39. The average Bonchev–Trinajstić information content (AvgIpc) is 3.47. The molecule has 1 unspecified atom stereocenters. The zero-order chi connectivity index (χ0) is 22.7. The van der Waals surface area contributed by atoms with Crippen molar-refractivity contribution in [2.45, 2.75) is 25.2 Å². The van der Waals surface area contributed by atoms with Crippen molar-refractivity contribution in [3.8, 4) is 5.69 Å². The van der Waals surface area contributed by atoms with Crippen LogP contribution < -0.4 is 5.32 Å². The van der Waals surface area contributed by atoms with Crippen molar-refractivity contribution >= 4 is 29.2 Å². The van der Waals surface area contributed by atoms with Crippen LogP contribution >= 0.6 is 11.6 Å². The van der Waals surface area contributed by atoms with E-state index >= 15 is 0 Å². The van der Waals surface area contributed by atoms with Crippen LogP contribution in [0.15, 0.2) is 42.7 Å². The maximum atomic E-state index is 13.6. The van der Waals surface area contributed by atoms with Crippen LogP contribution in [0.4, 0.5) is 14.5 Å². The van der Waals surface area contributed by atoms with Gasteiger partial charge in [0.15, 0.2) is 18.2 Å². The van der Waals surface area contributed by atoms with E-state index in [0.29, 0.717) is 16.9 Å². The SMILES string of the molecule is O=C(COC(=O)CC(c1ccc(F)c(F)c1)C1CC1)Nc1cc(-n2cnnn2)ccc1Cl. The average molecular weight is 462 g/mol. The van der Waals surface area contributed by atoms with Gasteiger partial charge >= 0.3 is 5.97 Å². The fourth-order valence-electron chi connectivity index (χ4n) is 3.40. The quantitative estimate of drug-likeness (QED) is 0.514. The summed E-state index contributed by atoms with van der Waals surface area (Å²) < 4.78 is 33.3. The van der Waals surface area contributed by atoms with E-state index in [-0.39, 0.29) is 23.3 Å². The number of anilines is 1. The van der Waals surface area contributed by atoms with Crippen LogP contribution in [0.2, 0.25) is 5.02 Å². The summed E-state index contributed by atoms with van der Waals surface area (Å²) in [6.07, 6.45) is 3.15. The summed E-state index contributed by atoms with van der Waals surface area (Å²) in [6.45, 7) is -0.514. The third-order valence-corrected chi connectivity index (χ3v) is 5.48. The van der Waals surface area contributed by atoms with Crippen molar-refractivity contribution in [1.82, 2.24) is 20.2 Å². The van der Waals surface area contributed by atoms with E-state index in [1.54, 1.807) is 18.2 Å². The summed E-state index contributed by atoms with van der Waals surface area (Å²) in [5, 5.41) is 13.7. The third kappa shape index (κ3) is 5.25. The van der Waals surface area contributed by atoms with Gasteiger partial charge in [0, 0.05) is 0 Å². The second-order valence-corrected chi connectivity index (χ2v) is 7.86. The molecule has 166 valence electrons. The van der Waals surface area contributed by atoms with Crippen LogP contribution in [0.5, 0.6) is 0 Å². The molecule has 4 rings (SSSR count). The van der Waals surface area contributed by atoms with Crippen LogP contribution in [0.1, 0.15) is 30.7 Å². The number of hydrogen-bond acceptors (Lipinski definition) is 6. The van der Waals surface area contributed by atoms with Crippen molar-refractivity contribution in [2.24, 2.45) is 5.92 Å². The summed E-state index contributed by atoms with van der Waals surface area (Å²) >= 11 is 6.13. The normalized spacial score (nSPS) is 14.1. The first-order valence-corrected chi connectivity index (χ1v) is 10.2. The molecule has 1 aliphatic carbocycles. The fraction of sp³-hybridized carbons (Fsp3) is 0.286. The molecule has 1 heterocycles. The highest BCUT2D eigenvalue weighted by Crippen LogP contribution is 2.44. The number of benzene rings is 2. The first-order valence-electron chi connectivity index (χ1n) is 9.84. The monoisotopic (exact) mass is 461 g/mol. The third-order valence-electron chi connectivity index (χ3n) is 5.15. The molecule has 0 aliphatic heterocycles. The molecule has 1 fully saturated rings. The molecule has 0 spiro atoms. The number of amides is 1. The van der Waals surface area contributed by atoms with E-state index < -0.39 is 30.1 Å². The van der Waals surface area contributed by atoms with E-state index in [1.165, 1.54) is 17.1 Å². The van der Waals surface area contributed by atoms with Gasteiger partial charge in [0.2, 0.25) is 0 Å². The molecule has 8 nitrogen and oxygen atoms in total. The maximum absolute atomic E-state index is 13.6. The number of halogens is 3. The van der Waals surface area contributed by atoms with E-state index in [2.05, 4.69) is 20.8 Å². The van der Waals surface area contributed by atoms with Crippen molar-refractivity contribution in [2.75, 3.05) is 11.9 Å². The number of rotatable bonds is 8. The molecule has 2 aromatic carbocycles. The zero-order valence-corrected chi connectivity index (χ0v) is 17.4. The number of tetrazole rings is 1. The van der Waals surface area contributed by atoms with Gasteiger partial charge in [-0.15, -0.1) is 5.10 Å². The van der Waals surface area contributed by atoms with Gasteiger partial charge in [-0.25, -0.2) is 13.5 Å². The van der Waals surface area contributed by atoms with Gasteiger partial charge in [0.05, 0.1) is 22.8 Å². The summed E-state index contributed by atoms with van der Waals surface area (Å²) in [6, 6.07) is 8.45. The second-order valence-electron chi connectivity index (χ2n) is 7.45. The Morgan fingerprint density at radius 2 is 2.00 bits per heavy atom. The Kier molecular flexibility index (Phi) is 6.40. The van der Waals surface area contributed by atoms with E-state index in [0.717, 1.165) is 25.0 Å². The summed E-state index contributed by atoms with van der Waals surface area (Å²) in [4.78, 5) is 24.6. The zero-order valence-electron chi connectivity index (χ0n) is 16.7. The Balaban J connectivity index is 1.34. The van der Waals surface area contributed by atoms with Crippen LogP contribution in [-0.2, 0) is 14.3 Å². The van der Waals surface area contributed by atoms with Crippen molar-refractivity contribution in [1.29, 1.82) is 0 Å². The lowest BCUT2D eigenvalue weighted by Gasteiger charge is -2.16. The molecule has 1 aliphatic rings. The van der Waals surface area contributed by atoms with Crippen molar-refractivity contribution in [3.05, 3.63) is 64.9 Å². The number of nitrogens with one attached hydrogen (secondary N) is 1. The summed E-state index contributed by atoms with van der Waals surface area (Å²) in [5.74, 6) is -3.16. The molecule has 0 bridgehead atoms. The lowest BCUT2D eigenvalue weighted by molar-refractivity contribution is -0.147. The van der Waals surface area contributed by atoms with Gasteiger partial charge in [0.1, 0.15) is 6.33 Å². The Morgan fingerprint density at radius 1 is 1.19 bits per heavy atom. The molecule has 1 atom stereocenters. The van der Waals surface area contributed by atoms with Gasteiger partial charge in [-0.3, -0.25) is 9.59 Å². The Hall–Kier alpha value is -3.40. The highest BCUT2D eigenvalue weighted by molar-refractivity contribution is 6.33. The summed E-state index contributed by atoms with van der Waals surface area (Å²) in [5.41, 5.74) is 1.42. The van der Waals surface area contributed by atoms with Gasteiger partial charge < -0.3 is 10.1 Å². The van der Waals surface area contributed by atoms with Gasteiger partial charge in [-0.1, -0.05) is 17.7 Å². The molecule has 0 saturated heterocycles. The number of hydrogen-bond donors (Lipinski definition) is 1. The first kappa shape index (κ1) is 21.8. The molecular weight excluding hydrogens is 444 g/mol. The number of nitrogens with zero attached hydrogens (tertiary/aromatic N) is 4. The van der Waals surface area contributed by atoms with E-state index in [4.69, 9.17) is 16.3 Å². The van der Waals surface area contributed by atoms with Gasteiger partial charge in [-0.05, 0) is 71.0 Å². The van der Waals surface area contributed by atoms with E-state index in [1.807, 2.05) is 0 Å². The van der Waals surface area contributed by atoms with Crippen LogP contribution in [0.25, 0.3) is 5.69 Å². The van der Waals surface area contributed by atoms with Crippen LogP contribution in [-0.4, -0.2) is 38.7 Å². The molecule has 1 aromatic heterocycles. The van der Waals surface area contributed by atoms with Crippen LogP contribution in [0, 0.1) is 17.6 Å². The molecule has 3 aromatic rings. The number of esters is 1. The van der Waals surface area contributed by atoms with E-state index in [9.17, 15) is 18.4 Å². The Morgan fingerprint density at radius 3 is 2.69 bits per heavy atom. The molecular formula is C21H18ClF2N5O3. The predicted octanol–water partition coefficient (Wildman–Crippen LogP) is 3.66. The highest BCUT2D eigenvalue weighted by atomic mass is 35.5. The number of carbonyl (C=O) groups is 2. The van der Waals surface area contributed by atoms with Crippen molar-refractivity contribution in [3.63, 3.8) is 0 Å². The first-order chi connectivity index (χ1) is 15.4. The molecule has 11 heteroatoms. The fourth-order valence-corrected chi connectivity index (χ4v) is 3.57. The van der Waals surface area contributed by atoms with Crippen molar-refractivity contribution < 1.29 is 23.1 Å². The number of carbonyl (C=O) groups excluding carboxylic acids is 2. The smallest absolute Gasteiger partial charge is 0.306 e. The summed E-state index contributed by atoms with van der Waals surface area (Å²) in [7, 11) is 0. The van der Waals surface area contributed by atoms with Gasteiger partial charge in [0.25, 0.3) is 5.91 Å². The molecule has 1 N–H and O–H groups in total.